The summed E-state index contributed by atoms with van der Waals surface area (Å²) in [6.07, 6.45) is -0.299. The van der Waals surface area contributed by atoms with Crippen LogP contribution >= 0.6 is 0 Å². The van der Waals surface area contributed by atoms with Gasteiger partial charge in [-0.25, -0.2) is 4.79 Å². The number of carboxylic acids is 1. The molecule has 4 amide bonds. The van der Waals surface area contributed by atoms with Gasteiger partial charge in [0.2, 0.25) is 23.6 Å². The van der Waals surface area contributed by atoms with Crippen molar-refractivity contribution in [2.45, 2.75) is 64.7 Å². The van der Waals surface area contributed by atoms with E-state index in [0.29, 0.717) is 0 Å². The van der Waals surface area contributed by atoms with Crippen LogP contribution in [0.15, 0.2) is 30.3 Å². The zero-order valence-electron chi connectivity index (χ0n) is 19.9. The Bertz CT molecular complexity index is 874. The average molecular weight is 478 g/mol. The molecule has 0 bridgehead atoms. The molecule has 0 fully saturated rings. The number of carboxylic acid groups (broad SMARTS) is 1. The fraction of sp³-hybridized carbons (Fsp3) is 0.522. The number of nitrogens with one attached hydrogen (secondary N) is 3. The van der Waals surface area contributed by atoms with Crippen LogP contribution in [0.1, 0.15) is 39.7 Å². The van der Waals surface area contributed by atoms with Crippen molar-refractivity contribution in [1.82, 2.24) is 16.0 Å². The van der Waals surface area contributed by atoms with Gasteiger partial charge in [-0.05, 0) is 23.8 Å². The van der Waals surface area contributed by atoms with E-state index in [1.807, 2.05) is 6.07 Å². The van der Waals surface area contributed by atoms with Crippen LogP contribution in [-0.2, 0) is 30.4 Å². The maximum atomic E-state index is 12.9. The second kappa shape index (κ2) is 13.3. The van der Waals surface area contributed by atoms with Crippen molar-refractivity contribution in [3.8, 4) is 0 Å². The lowest BCUT2D eigenvalue weighted by atomic mass is 9.99. The SMILES string of the molecule is CC(C)C(NC(=O)C(NC(=O)C(CC(N)=O)NC(=O)C(N)Cc1ccccc1)C(C)C)C(=O)O. The quantitative estimate of drug-likeness (QED) is 0.216. The van der Waals surface area contributed by atoms with E-state index in [0.717, 1.165) is 5.56 Å². The molecule has 0 aliphatic heterocycles. The molecule has 0 heterocycles. The van der Waals surface area contributed by atoms with E-state index in [2.05, 4.69) is 16.0 Å². The number of carbonyl (C=O) groups is 5. The Kier molecular flexibility index (Phi) is 11.2. The molecule has 0 saturated carbocycles. The van der Waals surface area contributed by atoms with E-state index in [9.17, 15) is 29.1 Å². The Morgan fingerprint density at radius 3 is 1.82 bits per heavy atom. The normalized spacial score (nSPS) is 14.6. The number of amides is 4. The molecule has 0 aliphatic carbocycles. The molecule has 8 N–H and O–H groups in total. The van der Waals surface area contributed by atoms with Gasteiger partial charge in [0.05, 0.1) is 12.5 Å². The second-order valence-electron chi connectivity index (χ2n) is 8.83. The van der Waals surface area contributed by atoms with Gasteiger partial charge in [-0.2, -0.15) is 0 Å². The van der Waals surface area contributed by atoms with Gasteiger partial charge in [0.15, 0.2) is 0 Å². The van der Waals surface area contributed by atoms with Crippen molar-refractivity contribution < 1.29 is 29.1 Å². The number of rotatable bonds is 13. The van der Waals surface area contributed by atoms with E-state index in [1.165, 1.54) is 0 Å². The zero-order chi connectivity index (χ0) is 26.0. The summed E-state index contributed by atoms with van der Waals surface area (Å²) in [4.78, 5) is 61.2. The Morgan fingerprint density at radius 1 is 0.824 bits per heavy atom. The molecule has 34 heavy (non-hydrogen) atoms. The summed E-state index contributed by atoms with van der Waals surface area (Å²) in [7, 11) is 0. The fourth-order valence-corrected chi connectivity index (χ4v) is 3.20. The average Bonchev–Trinajstić information content (AvgIpc) is 2.74. The molecule has 4 atom stereocenters. The first-order valence-corrected chi connectivity index (χ1v) is 11.0. The maximum Gasteiger partial charge on any atom is 0.326 e. The molecule has 1 aromatic rings. The number of primary amides is 1. The van der Waals surface area contributed by atoms with E-state index >= 15 is 0 Å². The van der Waals surface area contributed by atoms with Gasteiger partial charge in [-0.1, -0.05) is 58.0 Å². The molecule has 0 saturated heterocycles. The maximum absolute atomic E-state index is 12.9. The Labute approximate surface area is 199 Å². The molecule has 0 radical (unpaired) electrons. The number of aliphatic carboxylic acids is 1. The molecular weight excluding hydrogens is 442 g/mol. The highest BCUT2D eigenvalue weighted by Crippen LogP contribution is 2.08. The van der Waals surface area contributed by atoms with Crippen LogP contribution in [0.4, 0.5) is 0 Å². The smallest absolute Gasteiger partial charge is 0.326 e. The van der Waals surface area contributed by atoms with Crippen LogP contribution in [0.3, 0.4) is 0 Å². The van der Waals surface area contributed by atoms with Gasteiger partial charge in [-0.3, -0.25) is 19.2 Å². The van der Waals surface area contributed by atoms with Crippen molar-refractivity contribution in [3.05, 3.63) is 35.9 Å². The molecule has 0 spiro atoms. The third-order valence-electron chi connectivity index (χ3n) is 5.15. The molecule has 0 aliphatic rings. The van der Waals surface area contributed by atoms with Crippen LogP contribution in [0, 0.1) is 11.8 Å². The Balaban J connectivity index is 2.93. The Morgan fingerprint density at radius 2 is 1.35 bits per heavy atom. The van der Waals surface area contributed by atoms with Crippen molar-refractivity contribution in [2.24, 2.45) is 23.3 Å². The number of hydrogen-bond acceptors (Lipinski definition) is 6. The van der Waals surface area contributed by atoms with Gasteiger partial charge < -0.3 is 32.5 Å². The molecule has 1 rings (SSSR count). The summed E-state index contributed by atoms with van der Waals surface area (Å²) < 4.78 is 0. The van der Waals surface area contributed by atoms with Crippen molar-refractivity contribution in [2.75, 3.05) is 0 Å². The summed E-state index contributed by atoms with van der Waals surface area (Å²) in [5.41, 5.74) is 12.0. The lowest BCUT2D eigenvalue weighted by Gasteiger charge is -2.27. The van der Waals surface area contributed by atoms with Crippen LogP contribution < -0.4 is 27.4 Å². The molecule has 4 unspecified atom stereocenters. The fourth-order valence-electron chi connectivity index (χ4n) is 3.20. The van der Waals surface area contributed by atoms with E-state index in [1.54, 1.807) is 52.0 Å². The lowest BCUT2D eigenvalue weighted by molar-refractivity contribution is -0.144. The first-order valence-electron chi connectivity index (χ1n) is 11.0. The third kappa shape index (κ3) is 9.18. The van der Waals surface area contributed by atoms with Crippen LogP contribution in [0.2, 0.25) is 0 Å². The number of nitrogens with two attached hydrogens (primary N) is 2. The minimum absolute atomic E-state index is 0.209. The molecule has 11 heteroatoms. The van der Waals surface area contributed by atoms with Gasteiger partial charge in [-0.15, -0.1) is 0 Å². The minimum Gasteiger partial charge on any atom is -0.480 e. The summed E-state index contributed by atoms with van der Waals surface area (Å²) in [5, 5.41) is 16.7. The van der Waals surface area contributed by atoms with Gasteiger partial charge in [0.25, 0.3) is 0 Å². The monoisotopic (exact) mass is 477 g/mol. The Hall–Kier alpha value is -3.47. The molecule has 1 aromatic carbocycles. The minimum atomic E-state index is -1.36. The zero-order valence-corrected chi connectivity index (χ0v) is 19.9. The first kappa shape index (κ1) is 28.6. The van der Waals surface area contributed by atoms with E-state index < -0.39 is 72.0 Å². The highest BCUT2D eigenvalue weighted by molar-refractivity contribution is 5.96. The molecule has 188 valence electrons. The number of hydrogen-bond donors (Lipinski definition) is 6. The van der Waals surface area contributed by atoms with Crippen LogP contribution in [0.25, 0.3) is 0 Å². The highest BCUT2D eigenvalue weighted by atomic mass is 16.4. The largest absolute Gasteiger partial charge is 0.480 e. The predicted molar refractivity (Wildman–Crippen MR) is 125 cm³/mol. The van der Waals surface area contributed by atoms with Crippen LogP contribution in [-0.4, -0.2) is 58.9 Å². The van der Waals surface area contributed by atoms with E-state index in [-0.39, 0.29) is 6.42 Å². The topological polar surface area (TPSA) is 194 Å². The van der Waals surface area contributed by atoms with Gasteiger partial charge in [0, 0.05) is 0 Å². The summed E-state index contributed by atoms with van der Waals surface area (Å²) in [5.74, 6) is -5.04. The number of carbonyl (C=O) groups excluding carboxylic acids is 4. The molecular formula is C23H35N5O6. The summed E-state index contributed by atoms with van der Waals surface area (Å²) in [6, 6.07) is 4.41. The van der Waals surface area contributed by atoms with Crippen molar-refractivity contribution in [1.29, 1.82) is 0 Å². The van der Waals surface area contributed by atoms with Crippen molar-refractivity contribution in [3.63, 3.8) is 0 Å². The summed E-state index contributed by atoms with van der Waals surface area (Å²) in [6.45, 7) is 6.60. The second-order valence-corrected chi connectivity index (χ2v) is 8.83. The predicted octanol–water partition coefficient (Wildman–Crippen LogP) is -0.717. The lowest BCUT2D eigenvalue weighted by Crippen LogP contribution is -2.59. The van der Waals surface area contributed by atoms with Gasteiger partial charge in [0.1, 0.15) is 18.1 Å². The summed E-state index contributed by atoms with van der Waals surface area (Å²) >= 11 is 0. The molecule has 11 nitrogen and oxygen atoms in total. The number of benzene rings is 1. The van der Waals surface area contributed by atoms with Crippen molar-refractivity contribution >= 4 is 29.6 Å². The first-order chi connectivity index (χ1) is 15.8. The van der Waals surface area contributed by atoms with Gasteiger partial charge >= 0.3 is 5.97 Å². The standard InChI is InChI=1S/C23H35N5O6/c1-12(2)18(22(32)28-19(13(3)4)23(33)34)27-21(31)16(11-17(25)29)26-20(30)15(24)10-14-8-6-5-7-9-14/h5-9,12-13,15-16,18-19H,10-11,24H2,1-4H3,(H2,25,29)(H,26,30)(H,27,31)(H,28,32)(H,33,34). The third-order valence-corrected chi connectivity index (χ3v) is 5.15. The molecule has 0 aromatic heterocycles. The highest BCUT2D eigenvalue weighted by Gasteiger charge is 2.33. The van der Waals surface area contributed by atoms with Crippen LogP contribution in [0.5, 0.6) is 0 Å². The van der Waals surface area contributed by atoms with E-state index in [4.69, 9.17) is 11.5 Å².